The highest BCUT2D eigenvalue weighted by Crippen LogP contribution is 2.51. The molecule has 0 aliphatic heterocycles. The van der Waals surface area contributed by atoms with E-state index in [-0.39, 0.29) is 17.8 Å². The van der Waals surface area contributed by atoms with Crippen molar-refractivity contribution in [2.24, 2.45) is 5.41 Å². The van der Waals surface area contributed by atoms with E-state index in [4.69, 9.17) is 9.47 Å². The molecule has 0 bridgehead atoms. The highest BCUT2D eigenvalue weighted by atomic mass is 16.5. The predicted molar refractivity (Wildman–Crippen MR) is 149 cm³/mol. The Kier molecular flexibility index (Phi) is 8.58. The zero-order chi connectivity index (χ0) is 26.4. The molecule has 1 aliphatic carbocycles. The number of ether oxygens (including phenoxy) is 2. The van der Waals surface area contributed by atoms with Gasteiger partial charge in [0.2, 0.25) is 0 Å². The molecule has 1 aliphatic rings. The normalized spacial score (nSPS) is 17.4. The van der Waals surface area contributed by atoms with E-state index in [1.54, 1.807) is 7.11 Å². The van der Waals surface area contributed by atoms with Crippen molar-refractivity contribution in [3.05, 3.63) is 83.4 Å². The molecule has 196 valence electrons. The lowest BCUT2D eigenvalue weighted by Gasteiger charge is -2.30. The largest absolute Gasteiger partial charge is 0.497 e. The number of carbonyl (C=O) groups is 1. The fourth-order valence-corrected chi connectivity index (χ4v) is 5.92. The predicted octanol–water partition coefficient (Wildman–Crippen LogP) is 8.59. The summed E-state index contributed by atoms with van der Waals surface area (Å²) in [4.78, 5) is 11.4. The van der Waals surface area contributed by atoms with Crippen molar-refractivity contribution in [1.29, 1.82) is 0 Å². The highest BCUT2D eigenvalue weighted by molar-refractivity contribution is 5.70. The fraction of sp³-hybridized carbons (Fsp3) is 0.424. The Hall–Kier alpha value is -3.27. The summed E-state index contributed by atoms with van der Waals surface area (Å²) in [5.41, 5.74) is 6.25. The SMILES string of the molecule is CCCC(CC(=O)O)c1cccc(OCc2ccc(-c3cccc(OC)c3)c(C3CCCC3(C)C)c2)c1. The lowest BCUT2D eigenvalue weighted by molar-refractivity contribution is -0.137. The van der Waals surface area contributed by atoms with Crippen molar-refractivity contribution in [2.45, 2.75) is 77.7 Å². The lowest BCUT2D eigenvalue weighted by atomic mass is 9.75. The van der Waals surface area contributed by atoms with Gasteiger partial charge in [-0.25, -0.2) is 0 Å². The third kappa shape index (κ3) is 6.54. The van der Waals surface area contributed by atoms with Gasteiger partial charge in [0.1, 0.15) is 18.1 Å². The Labute approximate surface area is 221 Å². The van der Waals surface area contributed by atoms with Gasteiger partial charge in [-0.1, -0.05) is 76.1 Å². The maximum atomic E-state index is 11.4. The van der Waals surface area contributed by atoms with Crippen molar-refractivity contribution in [1.82, 2.24) is 0 Å². The van der Waals surface area contributed by atoms with Crippen LogP contribution in [0.15, 0.2) is 66.7 Å². The topological polar surface area (TPSA) is 55.8 Å². The second-order valence-electron chi connectivity index (χ2n) is 11.0. The van der Waals surface area contributed by atoms with Crippen LogP contribution in [-0.4, -0.2) is 18.2 Å². The standard InChI is InChI=1S/C33H40O4/c1-5-9-24(21-32(34)35)25-10-6-13-28(19-25)37-22-23-15-16-29(26-11-7-12-27(20-26)36-4)30(18-23)31-14-8-17-33(31,2)3/h6-7,10-13,15-16,18-20,24,31H,5,8-9,14,17,21-22H2,1-4H3,(H,34,35). The Morgan fingerprint density at radius 1 is 1.05 bits per heavy atom. The average molecular weight is 501 g/mol. The number of hydrogen-bond acceptors (Lipinski definition) is 3. The third-order valence-corrected chi connectivity index (χ3v) is 7.92. The molecule has 0 heterocycles. The number of methoxy groups -OCH3 is 1. The molecule has 0 saturated heterocycles. The first-order valence-electron chi connectivity index (χ1n) is 13.5. The average Bonchev–Trinajstić information content (AvgIpc) is 3.25. The zero-order valence-electron chi connectivity index (χ0n) is 22.6. The second-order valence-corrected chi connectivity index (χ2v) is 11.0. The maximum Gasteiger partial charge on any atom is 0.303 e. The number of aliphatic carboxylic acids is 1. The van der Waals surface area contributed by atoms with Crippen LogP contribution in [0.4, 0.5) is 0 Å². The minimum atomic E-state index is -0.761. The molecule has 3 aromatic carbocycles. The van der Waals surface area contributed by atoms with Gasteiger partial charge in [-0.05, 0) is 88.6 Å². The van der Waals surface area contributed by atoms with E-state index in [2.05, 4.69) is 57.2 Å². The van der Waals surface area contributed by atoms with Crippen molar-refractivity contribution >= 4 is 5.97 Å². The van der Waals surface area contributed by atoms with Gasteiger partial charge in [-0.2, -0.15) is 0 Å². The molecule has 1 N–H and O–H groups in total. The van der Waals surface area contributed by atoms with E-state index in [1.807, 2.05) is 30.3 Å². The molecule has 3 aromatic rings. The molecule has 0 radical (unpaired) electrons. The molecule has 0 aromatic heterocycles. The van der Waals surface area contributed by atoms with Gasteiger partial charge in [0, 0.05) is 0 Å². The Bertz CT molecular complexity index is 1210. The summed E-state index contributed by atoms with van der Waals surface area (Å²) in [7, 11) is 1.71. The van der Waals surface area contributed by atoms with Crippen LogP contribution < -0.4 is 9.47 Å². The molecule has 0 spiro atoms. The van der Waals surface area contributed by atoms with Gasteiger partial charge < -0.3 is 14.6 Å². The Balaban J connectivity index is 1.60. The first-order valence-corrected chi connectivity index (χ1v) is 13.5. The molecular weight excluding hydrogens is 460 g/mol. The summed E-state index contributed by atoms with van der Waals surface area (Å²) in [6, 6.07) is 23.0. The smallest absolute Gasteiger partial charge is 0.303 e. The molecule has 4 rings (SSSR count). The lowest BCUT2D eigenvalue weighted by Crippen LogP contribution is -2.16. The van der Waals surface area contributed by atoms with Crippen LogP contribution >= 0.6 is 0 Å². The van der Waals surface area contributed by atoms with E-state index >= 15 is 0 Å². The quantitative estimate of drug-likeness (QED) is 0.286. The third-order valence-electron chi connectivity index (χ3n) is 7.92. The molecular formula is C33H40O4. The van der Waals surface area contributed by atoms with Crippen LogP contribution in [0.3, 0.4) is 0 Å². The molecule has 2 unspecified atom stereocenters. The van der Waals surface area contributed by atoms with E-state index in [0.29, 0.717) is 12.5 Å². The molecule has 1 fully saturated rings. The van der Waals surface area contributed by atoms with E-state index in [1.165, 1.54) is 36.0 Å². The van der Waals surface area contributed by atoms with Gasteiger partial charge in [-0.15, -0.1) is 0 Å². The van der Waals surface area contributed by atoms with Crippen LogP contribution in [0.5, 0.6) is 11.5 Å². The summed E-state index contributed by atoms with van der Waals surface area (Å²) in [5, 5.41) is 9.34. The minimum absolute atomic E-state index is 0.00407. The van der Waals surface area contributed by atoms with Crippen molar-refractivity contribution in [2.75, 3.05) is 7.11 Å². The molecule has 4 nitrogen and oxygen atoms in total. The second kappa shape index (κ2) is 11.9. The maximum absolute atomic E-state index is 11.4. The van der Waals surface area contributed by atoms with Crippen molar-refractivity contribution < 1.29 is 19.4 Å². The van der Waals surface area contributed by atoms with E-state index < -0.39 is 5.97 Å². The van der Waals surface area contributed by atoms with Gasteiger partial charge in [-0.3, -0.25) is 4.79 Å². The summed E-state index contributed by atoms with van der Waals surface area (Å²) < 4.78 is 11.8. The zero-order valence-corrected chi connectivity index (χ0v) is 22.6. The first-order chi connectivity index (χ1) is 17.8. The van der Waals surface area contributed by atoms with Gasteiger partial charge in [0.15, 0.2) is 0 Å². The highest BCUT2D eigenvalue weighted by Gasteiger charge is 2.36. The van der Waals surface area contributed by atoms with Crippen LogP contribution in [-0.2, 0) is 11.4 Å². The van der Waals surface area contributed by atoms with E-state index in [0.717, 1.165) is 35.5 Å². The summed E-state index contributed by atoms with van der Waals surface area (Å²) >= 11 is 0. The van der Waals surface area contributed by atoms with Crippen LogP contribution in [0.1, 0.15) is 87.8 Å². The van der Waals surface area contributed by atoms with Crippen molar-refractivity contribution in [3.8, 4) is 22.6 Å². The number of benzene rings is 3. The summed E-state index contributed by atoms with van der Waals surface area (Å²) in [6.07, 6.45) is 5.61. The van der Waals surface area contributed by atoms with Gasteiger partial charge in [0.25, 0.3) is 0 Å². The Morgan fingerprint density at radius 3 is 2.54 bits per heavy atom. The minimum Gasteiger partial charge on any atom is -0.497 e. The summed E-state index contributed by atoms with van der Waals surface area (Å²) in [5.74, 6) is 1.38. The van der Waals surface area contributed by atoms with Crippen LogP contribution in [0, 0.1) is 5.41 Å². The molecule has 4 heteroatoms. The van der Waals surface area contributed by atoms with E-state index in [9.17, 15) is 9.90 Å². The van der Waals surface area contributed by atoms with Crippen LogP contribution in [0.25, 0.3) is 11.1 Å². The molecule has 1 saturated carbocycles. The van der Waals surface area contributed by atoms with Crippen molar-refractivity contribution in [3.63, 3.8) is 0 Å². The molecule has 0 amide bonds. The van der Waals surface area contributed by atoms with Gasteiger partial charge >= 0.3 is 5.97 Å². The molecule has 2 atom stereocenters. The number of rotatable bonds is 11. The number of carboxylic acid groups (broad SMARTS) is 1. The van der Waals surface area contributed by atoms with Crippen LogP contribution in [0.2, 0.25) is 0 Å². The first kappa shape index (κ1) is 26.8. The van der Waals surface area contributed by atoms with Gasteiger partial charge in [0.05, 0.1) is 13.5 Å². The number of hydrogen-bond donors (Lipinski definition) is 1. The summed E-state index contributed by atoms with van der Waals surface area (Å²) in [6.45, 7) is 7.34. The molecule has 37 heavy (non-hydrogen) atoms. The number of carboxylic acids is 1. The monoisotopic (exact) mass is 500 g/mol. The Morgan fingerprint density at radius 2 is 1.84 bits per heavy atom. The fourth-order valence-electron chi connectivity index (χ4n) is 5.92.